The Morgan fingerprint density at radius 2 is 1.74 bits per heavy atom. The van der Waals surface area contributed by atoms with Crippen LogP contribution in [0.3, 0.4) is 0 Å². The Kier molecular flexibility index (Phi) is 6.46. The van der Waals surface area contributed by atoms with Crippen LogP contribution in [0.4, 0.5) is 0 Å². The average Bonchev–Trinajstić information content (AvgIpc) is 2.45. The van der Waals surface area contributed by atoms with Crippen LogP contribution >= 0.6 is 0 Å². The van der Waals surface area contributed by atoms with Gasteiger partial charge in [0.05, 0.1) is 6.54 Å². The first-order valence-electron chi connectivity index (χ1n) is 8.79. The van der Waals surface area contributed by atoms with Crippen molar-refractivity contribution in [1.82, 2.24) is 10.2 Å². The zero-order chi connectivity index (χ0) is 16.8. The van der Waals surface area contributed by atoms with E-state index in [1.807, 2.05) is 0 Å². The highest BCUT2D eigenvalue weighted by molar-refractivity contribution is 5.78. The lowest BCUT2D eigenvalue weighted by molar-refractivity contribution is 0.134. The summed E-state index contributed by atoms with van der Waals surface area (Å²) >= 11 is 0. The molecule has 0 spiro atoms. The lowest BCUT2D eigenvalue weighted by Gasteiger charge is -2.35. The predicted octanol–water partition coefficient (Wildman–Crippen LogP) is 2.98. The van der Waals surface area contributed by atoms with Gasteiger partial charge in [-0.05, 0) is 43.2 Å². The fourth-order valence-corrected chi connectivity index (χ4v) is 3.45. The Balaban J connectivity index is 1.87. The van der Waals surface area contributed by atoms with Crippen LogP contribution in [0.1, 0.15) is 45.2 Å². The zero-order valence-corrected chi connectivity index (χ0v) is 15.0. The number of nitrogens with one attached hydrogen (secondary N) is 1. The lowest BCUT2D eigenvalue weighted by atomic mass is 9.91. The summed E-state index contributed by atoms with van der Waals surface area (Å²) in [7, 11) is 0. The second-order valence-electron chi connectivity index (χ2n) is 7.46. The molecule has 3 N–H and O–H groups in total. The third kappa shape index (κ3) is 6.22. The minimum Gasteiger partial charge on any atom is -0.370 e. The first-order valence-corrected chi connectivity index (χ1v) is 8.79. The van der Waals surface area contributed by atoms with Crippen molar-refractivity contribution in [2.45, 2.75) is 53.2 Å². The Hall–Kier alpha value is -1.55. The maximum absolute atomic E-state index is 5.83. The van der Waals surface area contributed by atoms with E-state index in [4.69, 9.17) is 5.73 Å². The Morgan fingerprint density at radius 3 is 2.30 bits per heavy atom. The monoisotopic (exact) mass is 316 g/mol. The van der Waals surface area contributed by atoms with Crippen LogP contribution in [0.2, 0.25) is 0 Å². The van der Waals surface area contributed by atoms with Crippen molar-refractivity contribution in [2.24, 2.45) is 22.6 Å². The van der Waals surface area contributed by atoms with Gasteiger partial charge in [0, 0.05) is 25.7 Å². The van der Waals surface area contributed by atoms with Crippen molar-refractivity contribution in [1.29, 1.82) is 0 Å². The van der Waals surface area contributed by atoms with Crippen molar-refractivity contribution in [3.05, 3.63) is 35.4 Å². The number of rotatable bonds is 5. The van der Waals surface area contributed by atoms with Crippen molar-refractivity contribution in [2.75, 3.05) is 13.1 Å². The van der Waals surface area contributed by atoms with Gasteiger partial charge in [0.15, 0.2) is 5.96 Å². The fourth-order valence-electron chi connectivity index (χ4n) is 3.45. The normalized spacial score (nSPS) is 23.3. The van der Waals surface area contributed by atoms with Crippen LogP contribution in [0, 0.1) is 11.8 Å². The van der Waals surface area contributed by atoms with E-state index < -0.39 is 0 Å². The third-order valence-electron chi connectivity index (χ3n) is 4.24. The number of hydrogen-bond donors (Lipinski definition) is 2. The van der Waals surface area contributed by atoms with Crippen LogP contribution in [0.5, 0.6) is 0 Å². The number of benzene rings is 1. The molecule has 0 amide bonds. The molecule has 0 radical (unpaired) electrons. The number of nitrogens with zero attached hydrogens (tertiary/aromatic N) is 2. The highest BCUT2D eigenvalue weighted by Gasteiger charge is 2.21. The second kappa shape index (κ2) is 8.34. The molecular weight excluding hydrogens is 284 g/mol. The van der Waals surface area contributed by atoms with Crippen LogP contribution in [-0.2, 0) is 13.1 Å². The van der Waals surface area contributed by atoms with Crippen molar-refractivity contribution in [3.8, 4) is 0 Å². The van der Waals surface area contributed by atoms with E-state index in [1.165, 1.54) is 30.6 Å². The molecule has 2 rings (SSSR count). The SMILES string of the molecule is CC1CC(C)CN(Cc2ccc(CN=C(N)NC(C)C)cc2)C1. The summed E-state index contributed by atoms with van der Waals surface area (Å²) in [5, 5.41) is 3.11. The molecule has 1 aliphatic heterocycles. The molecule has 4 nitrogen and oxygen atoms in total. The van der Waals surface area contributed by atoms with Crippen LogP contribution < -0.4 is 11.1 Å². The molecule has 128 valence electrons. The largest absolute Gasteiger partial charge is 0.370 e. The molecule has 1 heterocycles. The predicted molar refractivity (Wildman–Crippen MR) is 98.3 cm³/mol. The van der Waals surface area contributed by atoms with Gasteiger partial charge in [-0.25, -0.2) is 4.99 Å². The molecule has 1 saturated heterocycles. The molecule has 1 fully saturated rings. The minimum absolute atomic E-state index is 0.315. The molecule has 0 bridgehead atoms. The van der Waals surface area contributed by atoms with Crippen LogP contribution in [0.25, 0.3) is 0 Å². The van der Waals surface area contributed by atoms with Gasteiger partial charge in [0.2, 0.25) is 0 Å². The van der Waals surface area contributed by atoms with Gasteiger partial charge in [-0.2, -0.15) is 0 Å². The minimum atomic E-state index is 0.315. The summed E-state index contributed by atoms with van der Waals surface area (Å²) in [6, 6.07) is 9.09. The molecule has 1 aliphatic rings. The first kappa shape index (κ1) is 17.8. The molecule has 0 aliphatic carbocycles. The first-order chi connectivity index (χ1) is 10.9. The van der Waals surface area contributed by atoms with Gasteiger partial charge < -0.3 is 11.1 Å². The third-order valence-corrected chi connectivity index (χ3v) is 4.24. The van der Waals surface area contributed by atoms with Gasteiger partial charge in [-0.3, -0.25) is 4.90 Å². The molecule has 2 atom stereocenters. The summed E-state index contributed by atoms with van der Waals surface area (Å²) in [4.78, 5) is 6.95. The number of hydrogen-bond acceptors (Lipinski definition) is 2. The second-order valence-corrected chi connectivity index (χ2v) is 7.46. The summed E-state index contributed by atoms with van der Waals surface area (Å²) in [6.07, 6.45) is 1.36. The summed E-state index contributed by atoms with van der Waals surface area (Å²) < 4.78 is 0. The van der Waals surface area contributed by atoms with Gasteiger partial charge in [0.1, 0.15) is 0 Å². The highest BCUT2D eigenvalue weighted by atomic mass is 15.1. The number of guanidine groups is 1. The molecule has 23 heavy (non-hydrogen) atoms. The quantitative estimate of drug-likeness (QED) is 0.648. The Bertz CT molecular complexity index is 497. The maximum Gasteiger partial charge on any atom is 0.189 e. The van der Waals surface area contributed by atoms with Gasteiger partial charge in [0.25, 0.3) is 0 Å². The molecule has 1 aromatic carbocycles. The van der Waals surface area contributed by atoms with Gasteiger partial charge in [-0.1, -0.05) is 38.1 Å². The highest BCUT2D eigenvalue weighted by Crippen LogP contribution is 2.22. The Morgan fingerprint density at radius 1 is 1.17 bits per heavy atom. The standard InChI is InChI=1S/C19H32N4/c1-14(2)22-19(20)21-10-17-5-7-18(8-6-17)13-23-11-15(3)9-16(4)12-23/h5-8,14-16H,9-13H2,1-4H3,(H3,20,21,22). The molecule has 4 heteroatoms. The molecule has 0 aromatic heterocycles. The number of likely N-dealkylation sites (tertiary alicyclic amines) is 1. The van der Waals surface area contributed by atoms with Crippen LogP contribution in [0.15, 0.2) is 29.3 Å². The molecule has 1 aromatic rings. The summed E-state index contributed by atoms with van der Waals surface area (Å²) in [5.74, 6) is 2.13. The van der Waals surface area contributed by atoms with E-state index in [0.717, 1.165) is 18.4 Å². The van der Waals surface area contributed by atoms with E-state index in [9.17, 15) is 0 Å². The zero-order valence-electron chi connectivity index (χ0n) is 15.0. The average molecular weight is 316 g/mol. The lowest BCUT2D eigenvalue weighted by Crippen LogP contribution is -2.38. The van der Waals surface area contributed by atoms with E-state index in [0.29, 0.717) is 18.5 Å². The van der Waals surface area contributed by atoms with Crippen molar-refractivity contribution < 1.29 is 0 Å². The van der Waals surface area contributed by atoms with Crippen molar-refractivity contribution in [3.63, 3.8) is 0 Å². The maximum atomic E-state index is 5.83. The number of nitrogens with two attached hydrogens (primary N) is 1. The molecule has 0 saturated carbocycles. The Labute approximate surface area is 141 Å². The van der Waals surface area contributed by atoms with E-state index in [-0.39, 0.29) is 0 Å². The molecular formula is C19H32N4. The topological polar surface area (TPSA) is 53.6 Å². The van der Waals surface area contributed by atoms with E-state index >= 15 is 0 Å². The van der Waals surface area contributed by atoms with E-state index in [1.54, 1.807) is 0 Å². The van der Waals surface area contributed by atoms with Crippen LogP contribution in [-0.4, -0.2) is 30.0 Å². The smallest absolute Gasteiger partial charge is 0.189 e. The van der Waals surface area contributed by atoms with E-state index in [2.05, 4.69) is 67.2 Å². The van der Waals surface area contributed by atoms with Gasteiger partial charge >= 0.3 is 0 Å². The molecule has 2 unspecified atom stereocenters. The summed E-state index contributed by atoms with van der Waals surface area (Å²) in [6.45, 7) is 12.9. The number of aliphatic imine (C=N–C) groups is 1. The fraction of sp³-hybridized carbons (Fsp3) is 0.632. The van der Waals surface area contributed by atoms with Crippen molar-refractivity contribution >= 4 is 5.96 Å². The van der Waals surface area contributed by atoms with Gasteiger partial charge in [-0.15, -0.1) is 0 Å². The summed E-state index contributed by atoms with van der Waals surface area (Å²) in [5.41, 5.74) is 8.41. The number of piperidine rings is 1.